The molecule has 0 saturated heterocycles. The average Bonchev–Trinajstić information content (AvgIpc) is 3.32. The number of rotatable bonds is 7. The Hall–Kier alpha value is -4.24. The molecule has 0 radical (unpaired) electrons. The highest BCUT2D eigenvalue weighted by Gasteiger charge is 2.08. The van der Waals surface area contributed by atoms with Gasteiger partial charge in [-0.15, -0.1) is 5.10 Å². The Kier molecular flexibility index (Phi) is 5.92. The van der Waals surface area contributed by atoms with E-state index in [0.717, 1.165) is 33.4 Å². The Bertz CT molecular complexity index is 1450. The number of aliphatic hydroxyl groups excluding tert-OH is 1. The van der Waals surface area contributed by atoms with Gasteiger partial charge in [0.2, 0.25) is 0 Å². The van der Waals surface area contributed by atoms with Crippen molar-refractivity contribution in [2.75, 3.05) is 5.32 Å². The SMILES string of the molecule is CC(C)c1cnnc(Nc2ccc3ncc(-c4cnn(Cc5cccc(CO)n5)c4)cc3n2)c1. The van der Waals surface area contributed by atoms with E-state index < -0.39 is 0 Å². The molecule has 0 amide bonds. The second-order valence-corrected chi connectivity index (χ2v) is 8.32. The normalized spacial score (nSPS) is 11.3. The van der Waals surface area contributed by atoms with Crippen molar-refractivity contribution in [1.82, 2.24) is 34.9 Å². The van der Waals surface area contributed by atoms with E-state index in [1.807, 2.05) is 53.5 Å². The maximum atomic E-state index is 9.29. The molecule has 170 valence electrons. The van der Waals surface area contributed by atoms with Gasteiger partial charge in [0.1, 0.15) is 5.82 Å². The van der Waals surface area contributed by atoms with Crippen molar-refractivity contribution < 1.29 is 5.11 Å². The molecule has 9 nitrogen and oxygen atoms in total. The summed E-state index contributed by atoms with van der Waals surface area (Å²) < 4.78 is 1.81. The number of nitrogens with one attached hydrogen (secondary N) is 1. The molecule has 0 aliphatic rings. The van der Waals surface area contributed by atoms with E-state index >= 15 is 0 Å². The third-order valence-corrected chi connectivity index (χ3v) is 5.45. The van der Waals surface area contributed by atoms with E-state index in [0.29, 0.717) is 29.8 Å². The van der Waals surface area contributed by atoms with E-state index in [1.165, 1.54) is 0 Å². The zero-order valence-corrected chi connectivity index (χ0v) is 18.9. The lowest BCUT2D eigenvalue weighted by Crippen LogP contribution is -2.03. The van der Waals surface area contributed by atoms with Crippen molar-refractivity contribution in [3.63, 3.8) is 0 Å². The van der Waals surface area contributed by atoms with Crippen LogP contribution in [0.2, 0.25) is 0 Å². The minimum Gasteiger partial charge on any atom is -0.390 e. The summed E-state index contributed by atoms with van der Waals surface area (Å²) >= 11 is 0. The minimum atomic E-state index is -0.0828. The van der Waals surface area contributed by atoms with E-state index in [2.05, 4.69) is 44.4 Å². The molecule has 5 aromatic rings. The molecule has 0 aliphatic carbocycles. The molecular formula is C25H24N8O. The second kappa shape index (κ2) is 9.32. The van der Waals surface area contributed by atoms with Crippen molar-refractivity contribution in [3.05, 3.63) is 84.2 Å². The van der Waals surface area contributed by atoms with Crippen molar-refractivity contribution in [2.45, 2.75) is 32.9 Å². The Morgan fingerprint density at radius 2 is 1.79 bits per heavy atom. The van der Waals surface area contributed by atoms with Crippen LogP contribution in [0.15, 0.2) is 67.3 Å². The lowest BCUT2D eigenvalue weighted by molar-refractivity contribution is 0.276. The molecule has 0 spiro atoms. The fourth-order valence-electron chi connectivity index (χ4n) is 3.59. The van der Waals surface area contributed by atoms with E-state index in [9.17, 15) is 5.11 Å². The first-order valence-corrected chi connectivity index (χ1v) is 11.0. The van der Waals surface area contributed by atoms with Gasteiger partial charge in [0.05, 0.1) is 48.0 Å². The van der Waals surface area contributed by atoms with Gasteiger partial charge in [-0.1, -0.05) is 19.9 Å². The number of aliphatic hydroxyl groups is 1. The summed E-state index contributed by atoms with van der Waals surface area (Å²) in [6.45, 7) is 4.67. The van der Waals surface area contributed by atoms with Crippen LogP contribution in [0.25, 0.3) is 22.2 Å². The monoisotopic (exact) mass is 452 g/mol. The van der Waals surface area contributed by atoms with Crippen LogP contribution in [0.1, 0.15) is 36.7 Å². The van der Waals surface area contributed by atoms with Gasteiger partial charge in [-0.3, -0.25) is 14.6 Å². The first-order valence-electron chi connectivity index (χ1n) is 11.0. The molecule has 0 bridgehead atoms. The molecule has 2 N–H and O–H groups in total. The van der Waals surface area contributed by atoms with Crippen LogP contribution < -0.4 is 5.32 Å². The summed E-state index contributed by atoms with van der Waals surface area (Å²) in [5.74, 6) is 1.69. The third-order valence-electron chi connectivity index (χ3n) is 5.45. The van der Waals surface area contributed by atoms with Gasteiger partial charge in [-0.2, -0.15) is 10.2 Å². The van der Waals surface area contributed by atoms with Crippen molar-refractivity contribution >= 4 is 22.7 Å². The number of aromatic nitrogens is 7. The van der Waals surface area contributed by atoms with E-state index in [4.69, 9.17) is 4.98 Å². The van der Waals surface area contributed by atoms with Gasteiger partial charge in [-0.05, 0) is 47.9 Å². The standard InChI is InChI=1S/C25H24N8O/c1-16(2)17-9-25(32-27-11-17)31-24-7-6-22-23(30-24)8-18(10-26-22)19-12-28-33(13-19)14-20-4-3-5-21(15-34)29-20/h3-13,16,34H,14-15H2,1-2H3,(H,30,31,32). The van der Waals surface area contributed by atoms with E-state index in [1.54, 1.807) is 18.5 Å². The molecule has 5 heterocycles. The number of fused-ring (bicyclic) bond motifs is 1. The highest BCUT2D eigenvalue weighted by atomic mass is 16.3. The van der Waals surface area contributed by atoms with Gasteiger partial charge >= 0.3 is 0 Å². The van der Waals surface area contributed by atoms with Crippen LogP contribution in [-0.2, 0) is 13.2 Å². The molecule has 0 aromatic carbocycles. The Labute approximate surface area is 196 Å². The number of pyridine rings is 3. The topological polar surface area (TPSA) is 115 Å². The molecule has 34 heavy (non-hydrogen) atoms. The van der Waals surface area contributed by atoms with Crippen LogP contribution in [-0.4, -0.2) is 40.0 Å². The van der Waals surface area contributed by atoms with Crippen LogP contribution >= 0.6 is 0 Å². The van der Waals surface area contributed by atoms with Gasteiger partial charge in [0.15, 0.2) is 5.82 Å². The molecular weight excluding hydrogens is 428 g/mol. The van der Waals surface area contributed by atoms with Crippen LogP contribution in [0.4, 0.5) is 11.6 Å². The van der Waals surface area contributed by atoms with Gasteiger partial charge in [0, 0.05) is 23.5 Å². The average molecular weight is 453 g/mol. The van der Waals surface area contributed by atoms with Crippen molar-refractivity contribution in [2.24, 2.45) is 0 Å². The fourth-order valence-corrected chi connectivity index (χ4v) is 3.59. The molecule has 0 saturated carbocycles. The minimum absolute atomic E-state index is 0.0828. The molecule has 9 heteroatoms. The lowest BCUT2D eigenvalue weighted by Gasteiger charge is -2.09. The quantitative estimate of drug-likeness (QED) is 0.380. The maximum Gasteiger partial charge on any atom is 0.154 e. The van der Waals surface area contributed by atoms with Crippen molar-refractivity contribution in [1.29, 1.82) is 0 Å². The number of anilines is 2. The predicted molar refractivity (Wildman–Crippen MR) is 129 cm³/mol. The molecule has 0 aliphatic heterocycles. The number of nitrogens with zero attached hydrogens (tertiary/aromatic N) is 7. The summed E-state index contributed by atoms with van der Waals surface area (Å²) in [7, 11) is 0. The third kappa shape index (κ3) is 4.74. The summed E-state index contributed by atoms with van der Waals surface area (Å²) in [5.41, 5.74) is 6.00. The first kappa shape index (κ1) is 21.6. The summed E-state index contributed by atoms with van der Waals surface area (Å²) in [6.07, 6.45) is 7.35. The molecule has 0 atom stereocenters. The molecule has 5 rings (SSSR count). The Morgan fingerprint density at radius 1 is 0.912 bits per heavy atom. The van der Waals surface area contributed by atoms with Crippen LogP contribution in [0, 0.1) is 0 Å². The van der Waals surface area contributed by atoms with Gasteiger partial charge in [-0.25, -0.2) is 4.98 Å². The zero-order chi connectivity index (χ0) is 23.5. The maximum absolute atomic E-state index is 9.29. The largest absolute Gasteiger partial charge is 0.390 e. The van der Waals surface area contributed by atoms with Gasteiger partial charge in [0.25, 0.3) is 0 Å². The first-order chi connectivity index (χ1) is 16.6. The smallest absolute Gasteiger partial charge is 0.154 e. The van der Waals surface area contributed by atoms with Crippen LogP contribution in [0.5, 0.6) is 0 Å². The second-order valence-electron chi connectivity index (χ2n) is 8.32. The fraction of sp³-hybridized carbons (Fsp3) is 0.200. The highest BCUT2D eigenvalue weighted by molar-refractivity contribution is 5.81. The predicted octanol–water partition coefficient (Wildman–Crippen LogP) is 4.09. The number of hydrogen-bond donors (Lipinski definition) is 2. The summed E-state index contributed by atoms with van der Waals surface area (Å²) in [6, 6.07) is 13.4. The van der Waals surface area contributed by atoms with Crippen molar-refractivity contribution in [3.8, 4) is 11.1 Å². The van der Waals surface area contributed by atoms with E-state index in [-0.39, 0.29) is 6.61 Å². The summed E-state index contributed by atoms with van der Waals surface area (Å²) in [5, 5.41) is 25.2. The zero-order valence-electron chi connectivity index (χ0n) is 18.9. The van der Waals surface area contributed by atoms with Crippen LogP contribution in [0.3, 0.4) is 0 Å². The summed E-state index contributed by atoms with van der Waals surface area (Å²) in [4.78, 5) is 13.7. The molecule has 5 aromatic heterocycles. The lowest BCUT2D eigenvalue weighted by atomic mass is 10.1. The Morgan fingerprint density at radius 3 is 2.65 bits per heavy atom. The Balaban J connectivity index is 1.38. The van der Waals surface area contributed by atoms with Gasteiger partial charge < -0.3 is 10.4 Å². The number of hydrogen-bond acceptors (Lipinski definition) is 8. The molecule has 0 fully saturated rings. The highest BCUT2D eigenvalue weighted by Crippen LogP contribution is 2.24. The molecule has 0 unspecified atom stereocenters.